The normalized spacial score (nSPS) is 13.8. The molecule has 4 unspecified atom stereocenters. The summed E-state index contributed by atoms with van der Waals surface area (Å²) >= 11 is 0. The maximum atomic E-state index is 13.3. The number of allylic oxidation sites excluding steroid dienone is 4. The van der Waals surface area contributed by atoms with Crippen LogP contribution in [0.2, 0.25) is 0 Å². The molecule has 0 saturated carbocycles. The Bertz CT molecular complexity index is 2080. The second-order valence-electron chi connectivity index (χ2n) is 29.3. The number of carbonyl (C=O) groups is 5. The maximum Gasteiger partial charge on any atom is 1.00 e. The summed E-state index contributed by atoms with van der Waals surface area (Å²) in [6.07, 6.45) is 62.4. The van der Waals surface area contributed by atoms with Crippen LogP contribution in [-0.4, -0.2) is 130 Å². The Labute approximate surface area is 706 Å². The maximum absolute atomic E-state index is 13.3. The average Bonchev–Trinajstić information content (AvgIpc) is 0.914. The number of amides is 4. The number of rotatable bonds is 82. The van der Waals surface area contributed by atoms with E-state index in [1.807, 2.05) is 0 Å². The van der Waals surface area contributed by atoms with Gasteiger partial charge in [0.15, 0.2) is 0 Å². The number of phosphoric acid groups is 2. The Kier molecular flexibility index (Phi) is 86.0. The molecule has 0 saturated heterocycles. The van der Waals surface area contributed by atoms with Gasteiger partial charge in [-0.25, -0.2) is 13.9 Å². The van der Waals surface area contributed by atoms with Gasteiger partial charge >= 0.3 is 92.7 Å². The average molecular weight is 1600 g/mol. The van der Waals surface area contributed by atoms with E-state index >= 15 is 0 Å². The van der Waals surface area contributed by atoms with E-state index in [9.17, 15) is 42.9 Å². The largest absolute Gasteiger partial charge is 1.00 e. The number of hydrogen-bond acceptors (Lipinski definition) is 15. The van der Waals surface area contributed by atoms with Crippen LogP contribution in [0.3, 0.4) is 0 Å². The summed E-state index contributed by atoms with van der Waals surface area (Å²) in [7, 11) is -9.42. The molecule has 0 rings (SSSR count). The molecular weight excluding hydrogens is 1430 g/mol. The molecule has 6 atom stereocenters. The zero-order chi connectivity index (χ0) is 77.8. The monoisotopic (exact) mass is 1600 g/mol. The third kappa shape index (κ3) is 80.0. The van der Waals surface area contributed by atoms with Crippen LogP contribution in [0.4, 0.5) is 4.79 Å². The molecule has 25 heteroatoms. The van der Waals surface area contributed by atoms with Crippen molar-refractivity contribution in [2.75, 3.05) is 65.9 Å². The van der Waals surface area contributed by atoms with Gasteiger partial charge in [-0.3, -0.25) is 37.3 Å². The number of urea groups is 1. The first kappa shape index (κ1) is 111. The van der Waals surface area contributed by atoms with E-state index in [2.05, 4.69) is 87.1 Å². The number of ether oxygens (including phenoxy) is 4. The molecule has 4 amide bonds. The van der Waals surface area contributed by atoms with Crippen molar-refractivity contribution in [1.82, 2.24) is 21.3 Å². The van der Waals surface area contributed by atoms with Crippen LogP contribution >= 0.6 is 15.6 Å². The van der Waals surface area contributed by atoms with E-state index in [4.69, 9.17) is 37.0 Å². The van der Waals surface area contributed by atoms with E-state index < -0.39 is 60.2 Å². The number of nitrogens with one attached hydrogen (secondary N) is 4. The Morgan fingerprint density at radius 2 is 0.611 bits per heavy atom. The van der Waals surface area contributed by atoms with Gasteiger partial charge in [-0.15, -0.1) is 0 Å². The number of hydrogen-bond donors (Lipinski definition) is 6. The fraction of sp³-hybridized carbons (Fsp3) is 0.892. The van der Waals surface area contributed by atoms with Crippen molar-refractivity contribution in [3.8, 4) is 0 Å². The fourth-order valence-electron chi connectivity index (χ4n) is 12.3. The van der Waals surface area contributed by atoms with Crippen LogP contribution in [0.25, 0.3) is 0 Å². The predicted octanol–water partition coefficient (Wildman–Crippen LogP) is 15.9. The topological polar surface area (TPSA) is 282 Å². The molecule has 0 aliphatic carbocycles. The molecule has 0 fully saturated rings. The van der Waals surface area contributed by atoms with Gasteiger partial charge in [-0.1, -0.05) is 284 Å². The summed E-state index contributed by atoms with van der Waals surface area (Å²) in [6, 6.07) is -2.34. The molecule has 0 spiro atoms. The molecule has 21 nitrogen and oxygen atoms in total. The van der Waals surface area contributed by atoms with Gasteiger partial charge in [0.25, 0.3) is 0 Å². The van der Waals surface area contributed by atoms with Crippen molar-refractivity contribution in [2.45, 2.75) is 413 Å². The van der Waals surface area contributed by atoms with Crippen molar-refractivity contribution in [1.29, 1.82) is 0 Å². The molecule has 628 valence electrons. The van der Waals surface area contributed by atoms with Gasteiger partial charge < -0.3 is 52.9 Å². The van der Waals surface area contributed by atoms with E-state index in [-0.39, 0.29) is 150 Å². The summed E-state index contributed by atoms with van der Waals surface area (Å²) in [5.74, 6) is -0.927. The molecule has 6 N–H and O–H groups in total. The third-order valence-corrected chi connectivity index (χ3v) is 20.8. The minimum Gasteiger partial charge on any atom is -1.00 e. The Morgan fingerprint density at radius 3 is 0.926 bits per heavy atom. The first-order chi connectivity index (χ1) is 51.5. The molecule has 0 aliphatic rings. The zero-order valence-electron chi connectivity index (χ0n) is 72.3. The van der Waals surface area contributed by atoms with Crippen molar-refractivity contribution >= 4 is 45.4 Å². The van der Waals surface area contributed by atoms with E-state index in [1.54, 1.807) is 0 Å². The van der Waals surface area contributed by atoms with Crippen LogP contribution in [0.5, 0.6) is 0 Å². The van der Waals surface area contributed by atoms with Crippen LogP contribution < -0.4 is 80.4 Å². The smallest absolute Gasteiger partial charge is 1.00 e. The summed E-state index contributed by atoms with van der Waals surface area (Å²) in [5.41, 5.74) is 0. The van der Waals surface area contributed by atoms with Crippen LogP contribution in [0.1, 0.15) is 391 Å². The molecule has 108 heavy (non-hydrogen) atoms. The van der Waals surface area contributed by atoms with E-state index in [0.29, 0.717) is 64.2 Å². The van der Waals surface area contributed by atoms with Crippen molar-refractivity contribution < 1.29 is 142 Å². The van der Waals surface area contributed by atoms with Crippen molar-refractivity contribution in [2.24, 2.45) is 0 Å². The number of carbonyl (C=O) groups excluding carboxylic acids is 5. The predicted molar refractivity (Wildman–Crippen MR) is 434 cm³/mol. The molecule has 0 aromatic heterocycles. The zero-order valence-corrected chi connectivity index (χ0v) is 76.1. The molecule has 0 aliphatic heterocycles. The number of phosphoric ester groups is 2. The summed E-state index contributed by atoms with van der Waals surface area (Å²) < 4.78 is 71.6. The summed E-state index contributed by atoms with van der Waals surface area (Å²) in [6.45, 7) is 11.4. The van der Waals surface area contributed by atoms with Gasteiger partial charge in [0.1, 0.15) is 12.2 Å². The first-order valence-corrected chi connectivity index (χ1v) is 46.2. The quantitative estimate of drug-likeness (QED) is 0.0108. The second kappa shape index (κ2) is 83.7. The van der Waals surface area contributed by atoms with Gasteiger partial charge in [-0.05, 0) is 89.9 Å². The minimum atomic E-state index is -4.71. The van der Waals surface area contributed by atoms with Crippen molar-refractivity contribution in [3.63, 3.8) is 0 Å². The molecule has 0 heterocycles. The second-order valence-corrected chi connectivity index (χ2v) is 32.2. The summed E-state index contributed by atoms with van der Waals surface area (Å²) in [5, 5.41) is 10.8. The molecule has 0 bridgehead atoms. The van der Waals surface area contributed by atoms with Gasteiger partial charge in [0.2, 0.25) is 11.8 Å². The van der Waals surface area contributed by atoms with Crippen LogP contribution in [0, 0.1) is 0 Å². The third-order valence-electron chi connectivity index (χ3n) is 18.9. The molecular formula is C83H162N4Na2O17P2. The SMILES string of the molecule is CCCCCC/C=C\CCCC(=O)O[C@H](CCCCCCC)CCOCC(COP(=O)(O)OCCNC(=O)NCCOP(=O)(O)OCC(COCC[C@@H](CCCCCCC)OC(=O)CCC/C=C\CCCCCC)NC(=O)CCCCCCCCCCCCC)NC(=O)CCCCCCCCCCCCC.[H-].[H-].[Na+].[Na+]. The van der Waals surface area contributed by atoms with Crippen LogP contribution in [-0.2, 0) is 65.4 Å². The number of unbranched alkanes of at least 4 members (excludes halogenated alkanes) is 38. The Morgan fingerprint density at radius 1 is 0.333 bits per heavy atom. The van der Waals surface area contributed by atoms with E-state index in [0.717, 1.165) is 128 Å². The molecule has 0 aromatic carbocycles. The number of esters is 2. The fourth-order valence-corrected chi connectivity index (χ4v) is 13.9. The van der Waals surface area contributed by atoms with Gasteiger partial charge in [0.05, 0.1) is 64.9 Å². The Hall–Kier alpha value is -1.23. The Balaban J connectivity index is -0.00000919. The van der Waals surface area contributed by atoms with Gasteiger partial charge in [-0.2, -0.15) is 0 Å². The van der Waals surface area contributed by atoms with Crippen LogP contribution in [0.15, 0.2) is 24.3 Å². The first-order valence-electron chi connectivity index (χ1n) is 43.2. The van der Waals surface area contributed by atoms with Gasteiger partial charge in [0, 0.05) is 51.6 Å². The van der Waals surface area contributed by atoms with E-state index in [1.165, 1.54) is 141 Å². The van der Waals surface area contributed by atoms with Crippen molar-refractivity contribution in [3.05, 3.63) is 24.3 Å². The standard InChI is InChI=1S/C83H160N4O17P2.2Na.2H/c1-7-13-19-25-29-33-35-39-41-47-53-59-79(88)86-75(71-97-67-63-77(57-51-45-23-17-11-5)103-81(90)61-55-49-43-37-31-27-21-15-9-3)73-101-105(93,94)99-69-65-84-83(92)85-66-70-100-106(95,96)102-74-76(87-80(89)60-54-48-42-40-36-34-30-26-20-14-8-2)72-98-68-64-78(58-52-46-24-18-12-6)104-82(91)62-56-50-44-38-32-28-22-16-10-4;;;;/h37-38,43-44,75-78H,7-36,39-42,45-74H2,1-6H3,(H,86,88)(H,87,89)(H,93,94)(H,95,96)(H2,84,85,92);;;;/q;2*+1;2*-1/b43-37-,44-38-;;;;/t75?,76?,77-,78-;;;;/m1..../s1. The molecule has 0 radical (unpaired) electrons. The minimum absolute atomic E-state index is 0. The summed E-state index contributed by atoms with van der Waals surface area (Å²) in [4.78, 5) is 86.7. The molecule has 0 aromatic rings.